The number of carbonyl (C=O) groups is 1. The number of anilines is 1. The lowest BCUT2D eigenvalue weighted by Gasteiger charge is -2.36. The van der Waals surface area contributed by atoms with E-state index in [1.807, 2.05) is 41.4 Å². The second-order valence-corrected chi connectivity index (χ2v) is 5.56. The van der Waals surface area contributed by atoms with Crippen LogP contribution in [0.15, 0.2) is 24.3 Å². The van der Waals surface area contributed by atoms with E-state index in [1.165, 1.54) is 0 Å². The van der Waals surface area contributed by atoms with Crippen LogP contribution < -0.4 is 15.0 Å². The van der Waals surface area contributed by atoms with E-state index >= 15 is 0 Å². The molecule has 0 spiro atoms. The smallest absolute Gasteiger partial charge is 0.405 e. The van der Waals surface area contributed by atoms with Gasteiger partial charge in [0.15, 0.2) is 0 Å². The minimum absolute atomic E-state index is 0.0168. The molecule has 8 heteroatoms. The molecule has 1 amide bonds. The van der Waals surface area contributed by atoms with Gasteiger partial charge in [-0.3, -0.25) is 9.69 Å². The van der Waals surface area contributed by atoms with E-state index in [-0.39, 0.29) is 6.54 Å². The van der Waals surface area contributed by atoms with Crippen molar-refractivity contribution in [1.82, 2.24) is 10.2 Å². The maximum Gasteiger partial charge on any atom is 0.405 e. The predicted molar refractivity (Wildman–Crippen MR) is 85.3 cm³/mol. The summed E-state index contributed by atoms with van der Waals surface area (Å²) < 4.78 is 41.9. The molecular weight excluding hydrogens is 323 g/mol. The molecule has 0 atom stereocenters. The van der Waals surface area contributed by atoms with Crippen molar-refractivity contribution in [1.29, 1.82) is 0 Å². The lowest BCUT2D eigenvalue weighted by Crippen LogP contribution is -2.50. The van der Waals surface area contributed by atoms with Crippen LogP contribution >= 0.6 is 0 Å². The third kappa shape index (κ3) is 5.59. The van der Waals surface area contributed by atoms with Gasteiger partial charge in [-0.15, -0.1) is 0 Å². The van der Waals surface area contributed by atoms with Gasteiger partial charge in [0.25, 0.3) is 0 Å². The Morgan fingerprint density at radius 1 is 1.21 bits per heavy atom. The number of piperazine rings is 1. The molecule has 1 fully saturated rings. The van der Waals surface area contributed by atoms with E-state index in [0.717, 1.165) is 11.4 Å². The molecule has 5 nitrogen and oxygen atoms in total. The number of carbonyl (C=O) groups excluding carboxylic acids is 1. The molecule has 0 aromatic heterocycles. The minimum Gasteiger partial charge on any atom is -0.492 e. The fourth-order valence-electron chi connectivity index (χ4n) is 2.60. The van der Waals surface area contributed by atoms with Gasteiger partial charge in [-0.25, -0.2) is 0 Å². The Hall–Kier alpha value is -1.96. The molecule has 1 aliphatic heterocycles. The molecular formula is C16H22F3N3O2. The zero-order chi connectivity index (χ0) is 17.6. The Kier molecular flexibility index (Phi) is 6.30. The average Bonchev–Trinajstić information content (AvgIpc) is 2.54. The largest absolute Gasteiger partial charge is 0.492 e. The lowest BCUT2D eigenvalue weighted by atomic mass is 10.2. The summed E-state index contributed by atoms with van der Waals surface area (Å²) in [5.74, 6) is 0.215. The summed E-state index contributed by atoms with van der Waals surface area (Å²) in [6.07, 6.45) is -4.38. The quantitative estimate of drug-likeness (QED) is 0.855. The number of para-hydroxylation sites is 2. The molecule has 0 saturated carbocycles. The molecule has 1 saturated heterocycles. The first-order valence-corrected chi connectivity index (χ1v) is 7.91. The van der Waals surface area contributed by atoms with Crippen LogP contribution in [-0.2, 0) is 4.79 Å². The molecule has 1 aromatic rings. The molecule has 0 aliphatic carbocycles. The normalized spacial score (nSPS) is 16.1. The van der Waals surface area contributed by atoms with E-state index in [0.29, 0.717) is 32.8 Å². The number of alkyl halides is 3. The average molecular weight is 345 g/mol. The summed E-state index contributed by atoms with van der Waals surface area (Å²) in [6, 6.07) is 7.75. The molecule has 0 unspecified atom stereocenters. The molecule has 1 aromatic carbocycles. The van der Waals surface area contributed by atoms with Crippen LogP contribution in [0.5, 0.6) is 5.75 Å². The van der Waals surface area contributed by atoms with Gasteiger partial charge in [-0.2, -0.15) is 13.2 Å². The second kappa shape index (κ2) is 8.23. The van der Waals surface area contributed by atoms with Crippen LogP contribution in [0.2, 0.25) is 0 Å². The first kappa shape index (κ1) is 18.4. The first-order valence-electron chi connectivity index (χ1n) is 7.91. The lowest BCUT2D eigenvalue weighted by molar-refractivity contribution is -0.139. The highest BCUT2D eigenvalue weighted by molar-refractivity contribution is 5.78. The Bertz CT molecular complexity index is 544. The summed E-state index contributed by atoms with van der Waals surface area (Å²) >= 11 is 0. The van der Waals surface area contributed by atoms with E-state index in [4.69, 9.17) is 4.74 Å². The molecule has 1 N–H and O–H groups in total. The highest BCUT2D eigenvalue weighted by Gasteiger charge is 2.28. The van der Waals surface area contributed by atoms with Gasteiger partial charge in [0.1, 0.15) is 12.3 Å². The van der Waals surface area contributed by atoms with Crippen molar-refractivity contribution in [2.24, 2.45) is 0 Å². The summed E-state index contributed by atoms with van der Waals surface area (Å²) in [5.41, 5.74) is 1.00. The maximum atomic E-state index is 12.1. The van der Waals surface area contributed by atoms with Crippen molar-refractivity contribution in [3.05, 3.63) is 24.3 Å². The molecule has 1 aliphatic rings. The third-order valence-electron chi connectivity index (χ3n) is 3.73. The number of benzene rings is 1. The fourth-order valence-corrected chi connectivity index (χ4v) is 2.60. The molecule has 2 rings (SSSR count). The summed E-state index contributed by atoms with van der Waals surface area (Å²) in [7, 11) is 0. The Balaban J connectivity index is 1.82. The van der Waals surface area contributed by atoms with E-state index in [2.05, 4.69) is 4.90 Å². The molecule has 0 bridgehead atoms. The predicted octanol–water partition coefficient (Wildman–Crippen LogP) is 1.89. The molecule has 1 heterocycles. The zero-order valence-corrected chi connectivity index (χ0v) is 13.6. The van der Waals surface area contributed by atoms with Gasteiger partial charge in [-0.1, -0.05) is 12.1 Å². The fraction of sp³-hybridized carbons (Fsp3) is 0.562. The molecule has 24 heavy (non-hydrogen) atoms. The number of halogens is 3. The van der Waals surface area contributed by atoms with Gasteiger partial charge < -0.3 is 15.0 Å². The van der Waals surface area contributed by atoms with Crippen molar-refractivity contribution < 1.29 is 22.7 Å². The van der Waals surface area contributed by atoms with E-state index < -0.39 is 18.6 Å². The van der Waals surface area contributed by atoms with Crippen molar-refractivity contribution in [3.8, 4) is 5.75 Å². The van der Waals surface area contributed by atoms with Crippen molar-refractivity contribution in [2.45, 2.75) is 13.1 Å². The Labute approximate surface area is 139 Å². The zero-order valence-electron chi connectivity index (χ0n) is 13.6. The van der Waals surface area contributed by atoms with Gasteiger partial charge in [0.2, 0.25) is 5.91 Å². The number of hydrogen-bond donors (Lipinski definition) is 1. The molecule has 134 valence electrons. The van der Waals surface area contributed by atoms with Gasteiger partial charge in [-0.05, 0) is 19.1 Å². The number of amides is 1. The summed E-state index contributed by atoms with van der Waals surface area (Å²) in [4.78, 5) is 15.6. The number of rotatable bonds is 6. The van der Waals surface area contributed by atoms with E-state index in [1.54, 1.807) is 0 Å². The van der Waals surface area contributed by atoms with Crippen LogP contribution in [0.1, 0.15) is 6.92 Å². The van der Waals surface area contributed by atoms with E-state index in [9.17, 15) is 18.0 Å². The Morgan fingerprint density at radius 3 is 2.50 bits per heavy atom. The number of hydrogen-bond acceptors (Lipinski definition) is 4. The number of nitrogens with one attached hydrogen (secondary N) is 1. The third-order valence-corrected chi connectivity index (χ3v) is 3.73. The summed E-state index contributed by atoms with van der Waals surface area (Å²) in [5, 5.41) is 1.90. The van der Waals surface area contributed by atoms with Crippen LogP contribution in [0.4, 0.5) is 18.9 Å². The first-order chi connectivity index (χ1) is 11.4. The highest BCUT2D eigenvalue weighted by Crippen LogP contribution is 2.28. The SMILES string of the molecule is CCOc1ccccc1N1CCN(CC(=O)NCC(F)(F)F)CC1. The highest BCUT2D eigenvalue weighted by atomic mass is 19.4. The van der Waals surface area contributed by atoms with Crippen LogP contribution in [-0.4, -0.2) is 62.9 Å². The summed E-state index contributed by atoms with van der Waals surface area (Å²) in [6.45, 7) is 3.81. The topological polar surface area (TPSA) is 44.8 Å². The standard InChI is InChI=1S/C16H22F3N3O2/c1-2-24-14-6-4-3-5-13(14)22-9-7-21(8-10-22)11-15(23)20-12-16(17,18)19/h3-6H,2,7-12H2,1H3,(H,20,23). The van der Waals surface area contributed by atoms with Gasteiger partial charge in [0, 0.05) is 26.2 Å². The van der Waals surface area contributed by atoms with Crippen LogP contribution in [0, 0.1) is 0 Å². The monoisotopic (exact) mass is 345 g/mol. The number of ether oxygens (including phenoxy) is 1. The second-order valence-electron chi connectivity index (χ2n) is 5.56. The van der Waals surface area contributed by atoms with Crippen molar-refractivity contribution in [2.75, 3.05) is 50.8 Å². The van der Waals surface area contributed by atoms with Crippen molar-refractivity contribution >= 4 is 11.6 Å². The van der Waals surface area contributed by atoms with Gasteiger partial charge >= 0.3 is 6.18 Å². The minimum atomic E-state index is -4.38. The van der Waals surface area contributed by atoms with Crippen LogP contribution in [0.3, 0.4) is 0 Å². The molecule has 0 radical (unpaired) electrons. The number of nitrogens with zero attached hydrogens (tertiary/aromatic N) is 2. The Morgan fingerprint density at radius 2 is 1.88 bits per heavy atom. The van der Waals surface area contributed by atoms with Crippen molar-refractivity contribution in [3.63, 3.8) is 0 Å². The maximum absolute atomic E-state index is 12.1. The van der Waals surface area contributed by atoms with Gasteiger partial charge in [0.05, 0.1) is 18.8 Å². The van der Waals surface area contributed by atoms with Crippen LogP contribution in [0.25, 0.3) is 0 Å².